The molecule has 0 aromatic heterocycles. The molecule has 0 saturated carbocycles. The van der Waals surface area contributed by atoms with Crippen LogP contribution in [0.1, 0.15) is 29.2 Å². The van der Waals surface area contributed by atoms with Gasteiger partial charge < -0.3 is 15.2 Å². The maximum Gasteiger partial charge on any atom is 0.118 e. The number of aliphatic hydroxyl groups excluding tert-OH is 1. The summed E-state index contributed by atoms with van der Waals surface area (Å²) in [5.41, 5.74) is 4.12. The van der Waals surface area contributed by atoms with Gasteiger partial charge in [0.15, 0.2) is 0 Å². The van der Waals surface area contributed by atoms with Gasteiger partial charge in [-0.15, -0.1) is 0 Å². The first-order chi connectivity index (χ1) is 13.7. The minimum Gasteiger partial charge on any atom is -0.497 e. The molecule has 0 bridgehead atoms. The lowest BCUT2D eigenvalue weighted by Gasteiger charge is -2.25. The van der Waals surface area contributed by atoms with E-state index in [9.17, 15) is 5.11 Å². The minimum absolute atomic E-state index is 0.0558. The Bertz CT molecular complexity index is 860. The van der Waals surface area contributed by atoms with E-state index >= 15 is 0 Å². The van der Waals surface area contributed by atoms with Crippen molar-refractivity contribution in [2.75, 3.05) is 7.11 Å². The van der Waals surface area contributed by atoms with Crippen molar-refractivity contribution < 1.29 is 9.84 Å². The van der Waals surface area contributed by atoms with E-state index in [1.807, 2.05) is 60.7 Å². The SMILES string of the molecule is C=C(c1ccccc1)C(CC(O)c1ccc(OC)cc1)NCc1ccccc1. The molecule has 3 aromatic carbocycles. The van der Waals surface area contributed by atoms with Crippen LogP contribution in [0.5, 0.6) is 5.75 Å². The zero-order chi connectivity index (χ0) is 19.8. The monoisotopic (exact) mass is 373 g/mol. The number of ether oxygens (including phenoxy) is 1. The first-order valence-corrected chi connectivity index (χ1v) is 9.51. The summed E-state index contributed by atoms with van der Waals surface area (Å²) < 4.78 is 5.21. The predicted molar refractivity (Wildman–Crippen MR) is 115 cm³/mol. The van der Waals surface area contributed by atoms with Gasteiger partial charge in [-0.1, -0.05) is 79.4 Å². The third-order valence-electron chi connectivity index (χ3n) is 4.92. The first-order valence-electron chi connectivity index (χ1n) is 9.51. The van der Waals surface area contributed by atoms with Crippen molar-refractivity contribution in [1.29, 1.82) is 0 Å². The fourth-order valence-corrected chi connectivity index (χ4v) is 3.22. The van der Waals surface area contributed by atoms with E-state index in [1.54, 1.807) is 7.11 Å². The summed E-state index contributed by atoms with van der Waals surface area (Å²) in [5, 5.41) is 14.4. The van der Waals surface area contributed by atoms with Crippen LogP contribution in [0.4, 0.5) is 0 Å². The van der Waals surface area contributed by atoms with Crippen molar-refractivity contribution in [3.8, 4) is 5.75 Å². The normalized spacial score (nSPS) is 12.9. The second-order valence-electron chi connectivity index (χ2n) is 6.84. The molecule has 0 heterocycles. The van der Waals surface area contributed by atoms with Gasteiger partial charge in [-0.05, 0) is 40.8 Å². The van der Waals surface area contributed by atoms with Crippen LogP contribution in [-0.2, 0) is 6.54 Å². The second-order valence-corrected chi connectivity index (χ2v) is 6.84. The summed E-state index contributed by atoms with van der Waals surface area (Å²) in [5.74, 6) is 0.781. The fourth-order valence-electron chi connectivity index (χ4n) is 3.22. The zero-order valence-electron chi connectivity index (χ0n) is 16.2. The number of methoxy groups -OCH3 is 1. The molecule has 0 fully saturated rings. The molecule has 3 rings (SSSR count). The lowest BCUT2D eigenvalue weighted by Crippen LogP contribution is -2.31. The number of aliphatic hydroxyl groups is 1. The van der Waals surface area contributed by atoms with Crippen LogP contribution < -0.4 is 10.1 Å². The highest BCUT2D eigenvalue weighted by Gasteiger charge is 2.19. The summed E-state index contributed by atoms with van der Waals surface area (Å²) in [6.07, 6.45) is -0.0629. The minimum atomic E-state index is -0.598. The Labute approximate surface area is 167 Å². The van der Waals surface area contributed by atoms with E-state index in [4.69, 9.17) is 4.74 Å². The standard InChI is InChI=1S/C25H27NO2/c1-19(21-11-7-4-8-12-21)24(26-18-20-9-5-3-6-10-20)17-25(27)22-13-15-23(28-2)16-14-22/h3-16,24-27H,1,17-18H2,2H3. The van der Waals surface area contributed by atoms with Gasteiger partial charge in [0.2, 0.25) is 0 Å². The van der Waals surface area contributed by atoms with Gasteiger partial charge in [0.05, 0.1) is 13.2 Å². The number of benzene rings is 3. The molecule has 0 saturated heterocycles. The molecule has 0 spiro atoms. The number of rotatable bonds is 9. The quantitative estimate of drug-likeness (QED) is 0.555. The van der Waals surface area contributed by atoms with Gasteiger partial charge in [-0.25, -0.2) is 0 Å². The molecule has 3 heteroatoms. The van der Waals surface area contributed by atoms with Crippen molar-refractivity contribution in [2.45, 2.75) is 25.1 Å². The van der Waals surface area contributed by atoms with Crippen molar-refractivity contribution in [3.63, 3.8) is 0 Å². The molecular formula is C25H27NO2. The Morgan fingerprint density at radius 1 is 0.929 bits per heavy atom. The second kappa shape index (κ2) is 9.88. The molecule has 144 valence electrons. The summed E-state index contributed by atoms with van der Waals surface area (Å²) >= 11 is 0. The van der Waals surface area contributed by atoms with Gasteiger partial charge >= 0.3 is 0 Å². The van der Waals surface area contributed by atoms with Gasteiger partial charge in [0.1, 0.15) is 5.75 Å². The van der Waals surface area contributed by atoms with E-state index in [-0.39, 0.29) is 6.04 Å². The summed E-state index contributed by atoms with van der Waals surface area (Å²) in [6.45, 7) is 5.03. The highest BCUT2D eigenvalue weighted by molar-refractivity contribution is 5.67. The number of hydrogen-bond donors (Lipinski definition) is 2. The Kier molecular flexibility index (Phi) is 7.01. The van der Waals surface area contributed by atoms with Crippen LogP contribution in [0, 0.1) is 0 Å². The van der Waals surface area contributed by atoms with Gasteiger partial charge in [-0.3, -0.25) is 0 Å². The Hall–Kier alpha value is -2.88. The van der Waals surface area contributed by atoms with Crippen LogP contribution in [0.3, 0.4) is 0 Å². The van der Waals surface area contributed by atoms with Crippen LogP contribution in [0.2, 0.25) is 0 Å². The molecule has 3 nitrogen and oxygen atoms in total. The topological polar surface area (TPSA) is 41.5 Å². The average Bonchev–Trinajstić information content (AvgIpc) is 2.77. The molecule has 0 aliphatic heterocycles. The lowest BCUT2D eigenvalue weighted by atomic mass is 9.93. The predicted octanol–water partition coefficient (Wildman–Crippen LogP) is 4.99. The van der Waals surface area contributed by atoms with E-state index in [1.165, 1.54) is 5.56 Å². The molecule has 0 aliphatic rings. The van der Waals surface area contributed by atoms with E-state index in [0.29, 0.717) is 13.0 Å². The average molecular weight is 373 g/mol. The van der Waals surface area contributed by atoms with E-state index in [0.717, 1.165) is 22.4 Å². The molecule has 0 amide bonds. The number of nitrogens with one attached hydrogen (secondary N) is 1. The van der Waals surface area contributed by atoms with Crippen LogP contribution in [0.15, 0.2) is 91.5 Å². The van der Waals surface area contributed by atoms with E-state index in [2.05, 4.69) is 36.2 Å². The molecule has 2 unspecified atom stereocenters. The Morgan fingerprint density at radius 2 is 1.54 bits per heavy atom. The van der Waals surface area contributed by atoms with Crippen molar-refractivity contribution in [1.82, 2.24) is 5.32 Å². The fraction of sp³-hybridized carbons (Fsp3) is 0.200. The smallest absolute Gasteiger partial charge is 0.118 e. The first kappa shape index (κ1) is 19.9. The number of hydrogen-bond acceptors (Lipinski definition) is 3. The van der Waals surface area contributed by atoms with Gasteiger partial charge in [-0.2, -0.15) is 0 Å². The van der Waals surface area contributed by atoms with Gasteiger partial charge in [0.25, 0.3) is 0 Å². The molecule has 0 radical (unpaired) electrons. The van der Waals surface area contributed by atoms with Crippen molar-refractivity contribution >= 4 is 5.57 Å². The van der Waals surface area contributed by atoms with Crippen molar-refractivity contribution in [3.05, 3.63) is 108 Å². The molecule has 2 N–H and O–H groups in total. The van der Waals surface area contributed by atoms with Gasteiger partial charge in [0, 0.05) is 12.6 Å². The highest BCUT2D eigenvalue weighted by Crippen LogP contribution is 2.27. The third kappa shape index (κ3) is 5.32. The summed E-state index contributed by atoms with van der Waals surface area (Å²) in [4.78, 5) is 0. The Balaban J connectivity index is 1.75. The third-order valence-corrected chi connectivity index (χ3v) is 4.92. The lowest BCUT2D eigenvalue weighted by molar-refractivity contribution is 0.159. The molecular weight excluding hydrogens is 346 g/mol. The molecule has 0 aliphatic carbocycles. The largest absolute Gasteiger partial charge is 0.497 e. The van der Waals surface area contributed by atoms with E-state index < -0.39 is 6.10 Å². The zero-order valence-corrected chi connectivity index (χ0v) is 16.2. The molecule has 28 heavy (non-hydrogen) atoms. The highest BCUT2D eigenvalue weighted by atomic mass is 16.5. The summed E-state index contributed by atoms with van der Waals surface area (Å²) in [6, 6.07) is 27.9. The van der Waals surface area contributed by atoms with Crippen molar-refractivity contribution in [2.24, 2.45) is 0 Å². The summed E-state index contributed by atoms with van der Waals surface area (Å²) in [7, 11) is 1.64. The molecule has 2 atom stereocenters. The molecule has 3 aromatic rings. The maximum atomic E-state index is 10.8. The van der Waals surface area contributed by atoms with Crippen LogP contribution >= 0.6 is 0 Å². The Morgan fingerprint density at radius 3 is 2.14 bits per heavy atom. The maximum absolute atomic E-state index is 10.8. The van der Waals surface area contributed by atoms with Crippen LogP contribution in [0.25, 0.3) is 5.57 Å². The van der Waals surface area contributed by atoms with Crippen LogP contribution in [-0.4, -0.2) is 18.3 Å².